The van der Waals surface area contributed by atoms with E-state index in [1.54, 1.807) is 56.3 Å². The zero-order valence-electron chi connectivity index (χ0n) is 21.1. The largest absolute Gasteiger partial charge is 0.573 e. The van der Waals surface area contributed by atoms with Gasteiger partial charge in [0.05, 0.1) is 24.3 Å². The maximum absolute atomic E-state index is 12.9. The van der Waals surface area contributed by atoms with Gasteiger partial charge in [-0.05, 0) is 37.1 Å². The molecule has 0 radical (unpaired) electrons. The molecule has 0 atom stereocenters. The number of benzene rings is 3. The van der Waals surface area contributed by atoms with Crippen LogP contribution in [-0.2, 0) is 9.47 Å². The van der Waals surface area contributed by atoms with Crippen molar-refractivity contribution >= 4 is 28.7 Å². The third-order valence-corrected chi connectivity index (χ3v) is 5.93. The first-order valence-electron chi connectivity index (χ1n) is 11.7. The standard InChI is InChI=1S/C28H23ClF3NO6/c1-4-36-27(34)38-15-37-26-20-13-21(29)24(35-3)14-22(20)33-16(2)25(26)18-11-9-17(10-12-18)19-7-5-6-8-23(19)39-28(30,31)32/h5-14H,4,15H2,1-3H3. The van der Waals surface area contributed by atoms with Crippen molar-refractivity contribution in [2.75, 3.05) is 20.5 Å². The minimum atomic E-state index is -4.83. The lowest BCUT2D eigenvalue weighted by Crippen LogP contribution is -2.17. The van der Waals surface area contributed by atoms with Crippen LogP contribution in [0.5, 0.6) is 17.2 Å². The summed E-state index contributed by atoms with van der Waals surface area (Å²) in [6.07, 6.45) is -5.72. The average molecular weight is 562 g/mol. The van der Waals surface area contributed by atoms with Crippen LogP contribution in [0.25, 0.3) is 33.2 Å². The number of aryl methyl sites for hydroxylation is 1. The van der Waals surface area contributed by atoms with E-state index in [1.807, 2.05) is 0 Å². The number of hydrogen-bond acceptors (Lipinski definition) is 7. The summed E-state index contributed by atoms with van der Waals surface area (Å²) in [6.45, 7) is 3.11. The van der Waals surface area contributed by atoms with Crippen LogP contribution < -0.4 is 14.2 Å². The van der Waals surface area contributed by atoms with Crippen molar-refractivity contribution in [1.82, 2.24) is 4.98 Å². The lowest BCUT2D eigenvalue weighted by Gasteiger charge is -2.18. The molecule has 39 heavy (non-hydrogen) atoms. The zero-order valence-corrected chi connectivity index (χ0v) is 21.9. The molecule has 0 amide bonds. The number of carbonyl (C=O) groups excluding carboxylic acids is 1. The summed E-state index contributed by atoms with van der Waals surface area (Å²) in [5, 5.41) is 0.844. The Kier molecular flexibility index (Phi) is 8.35. The maximum Gasteiger partial charge on any atom is 0.573 e. The van der Waals surface area contributed by atoms with Gasteiger partial charge in [-0.1, -0.05) is 54.1 Å². The minimum absolute atomic E-state index is 0.139. The number of aromatic nitrogens is 1. The minimum Gasteiger partial charge on any atom is -0.495 e. The van der Waals surface area contributed by atoms with Gasteiger partial charge in [0, 0.05) is 28.3 Å². The molecule has 4 aromatic rings. The molecular weight excluding hydrogens is 539 g/mol. The number of pyridine rings is 1. The number of ether oxygens (including phenoxy) is 5. The number of para-hydroxylation sites is 1. The first kappa shape index (κ1) is 27.8. The number of hydrogen-bond donors (Lipinski definition) is 0. The second kappa shape index (κ2) is 11.7. The van der Waals surface area contributed by atoms with E-state index in [-0.39, 0.29) is 17.9 Å². The van der Waals surface area contributed by atoms with Gasteiger partial charge in [0.1, 0.15) is 17.2 Å². The normalized spacial score (nSPS) is 11.3. The van der Waals surface area contributed by atoms with Crippen LogP contribution in [0.15, 0.2) is 60.7 Å². The monoisotopic (exact) mass is 561 g/mol. The summed E-state index contributed by atoms with van der Waals surface area (Å²) in [4.78, 5) is 16.4. The molecule has 0 spiro atoms. The summed E-state index contributed by atoms with van der Waals surface area (Å²) >= 11 is 6.38. The van der Waals surface area contributed by atoms with Crippen LogP contribution in [0.2, 0.25) is 5.02 Å². The van der Waals surface area contributed by atoms with E-state index >= 15 is 0 Å². The van der Waals surface area contributed by atoms with E-state index in [2.05, 4.69) is 9.72 Å². The highest BCUT2D eigenvalue weighted by molar-refractivity contribution is 6.33. The molecule has 0 bridgehead atoms. The molecule has 0 saturated heterocycles. The molecule has 0 aliphatic heterocycles. The second-order valence-corrected chi connectivity index (χ2v) is 8.52. The predicted octanol–water partition coefficient (Wildman–Crippen LogP) is 7.95. The second-order valence-electron chi connectivity index (χ2n) is 8.12. The number of carbonyl (C=O) groups is 1. The van der Waals surface area contributed by atoms with Crippen LogP contribution in [-0.4, -0.2) is 38.0 Å². The summed E-state index contributed by atoms with van der Waals surface area (Å²) < 4.78 is 63.9. The van der Waals surface area contributed by atoms with Crippen molar-refractivity contribution < 1.29 is 41.7 Å². The molecule has 7 nitrogen and oxygen atoms in total. The number of alkyl halides is 3. The quantitative estimate of drug-likeness (QED) is 0.160. The summed E-state index contributed by atoms with van der Waals surface area (Å²) in [5.74, 6) is 0.437. The molecule has 0 unspecified atom stereocenters. The van der Waals surface area contributed by atoms with Crippen LogP contribution in [0.4, 0.5) is 18.0 Å². The fraction of sp³-hybridized carbons (Fsp3) is 0.214. The number of methoxy groups -OCH3 is 1. The molecule has 0 aliphatic carbocycles. The van der Waals surface area contributed by atoms with Gasteiger partial charge in [-0.2, -0.15) is 0 Å². The topological polar surface area (TPSA) is 76.1 Å². The van der Waals surface area contributed by atoms with Gasteiger partial charge in [-0.3, -0.25) is 4.98 Å². The molecular formula is C28H23ClF3NO6. The van der Waals surface area contributed by atoms with Gasteiger partial charge in [0.25, 0.3) is 0 Å². The molecule has 1 heterocycles. The number of halogens is 4. The Hall–Kier alpha value is -4.18. The van der Waals surface area contributed by atoms with E-state index in [1.165, 1.54) is 25.3 Å². The first-order chi connectivity index (χ1) is 18.6. The molecule has 0 N–H and O–H groups in total. The molecule has 11 heteroatoms. The Morgan fingerprint density at radius 3 is 2.33 bits per heavy atom. The van der Waals surface area contributed by atoms with Gasteiger partial charge in [0.15, 0.2) is 0 Å². The molecule has 1 aromatic heterocycles. The van der Waals surface area contributed by atoms with Crippen LogP contribution in [0.3, 0.4) is 0 Å². The van der Waals surface area contributed by atoms with Crippen LogP contribution >= 0.6 is 11.6 Å². The molecule has 4 rings (SSSR count). The Morgan fingerprint density at radius 2 is 1.67 bits per heavy atom. The lowest BCUT2D eigenvalue weighted by atomic mass is 9.97. The number of nitrogens with zero attached hydrogens (tertiary/aromatic N) is 1. The summed E-state index contributed by atoms with van der Waals surface area (Å²) in [7, 11) is 1.48. The van der Waals surface area contributed by atoms with E-state index in [9.17, 15) is 18.0 Å². The highest BCUT2D eigenvalue weighted by atomic mass is 35.5. The Bertz CT molecular complexity index is 1490. The fourth-order valence-electron chi connectivity index (χ4n) is 4.03. The number of rotatable bonds is 8. The van der Waals surface area contributed by atoms with Gasteiger partial charge in [-0.15, -0.1) is 13.2 Å². The van der Waals surface area contributed by atoms with Gasteiger partial charge in [-0.25, -0.2) is 4.79 Å². The third kappa shape index (κ3) is 6.46. The zero-order chi connectivity index (χ0) is 28.2. The molecule has 204 valence electrons. The maximum atomic E-state index is 12.9. The van der Waals surface area contributed by atoms with E-state index in [0.717, 1.165) is 0 Å². The third-order valence-electron chi connectivity index (χ3n) is 5.63. The predicted molar refractivity (Wildman–Crippen MR) is 139 cm³/mol. The molecule has 0 fully saturated rings. The van der Waals surface area contributed by atoms with Gasteiger partial charge >= 0.3 is 12.5 Å². The van der Waals surface area contributed by atoms with Crippen molar-refractivity contribution in [2.45, 2.75) is 20.2 Å². The molecule has 0 saturated carbocycles. The van der Waals surface area contributed by atoms with Crippen LogP contribution in [0.1, 0.15) is 12.6 Å². The van der Waals surface area contributed by atoms with Gasteiger partial charge in [0.2, 0.25) is 6.79 Å². The Morgan fingerprint density at radius 1 is 0.974 bits per heavy atom. The highest BCUT2D eigenvalue weighted by Gasteiger charge is 2.32. The fourth-order valence-corrected chi connectivity index (χ4v) is 4.27. The van der Waals surface area contributed by atoms with Gasteiger partial charge < -0.3 is 23.7 Å². The number of fused-ring (bicyclic) bond motifs is 1. The van der Waals surface area contributed by atoms with Crippen molar-refractivity contribution in [3.63, 3.8) is 0 Å². The Labute approximate surface area is 227 Å². The van der Waals surface area contributed by atoms with E-state index in [0.29, 0.717) is 49.8 Å². The van der Waals surface area contributed by atoms with E-state index in [4.69, 9.17) is 30.5 Å². The van der Waals surface area contributed by atoms with Crippen molar-refractivity contribution in [3.05, 3.63) is 71.4 Å². The average Bonchev–Trinajstić information content (AvgIpc) is 2.88. The molecule has 0 aliphatic rings. The summed E-state index contributed by atoms with van der Waals surface area (Å²) in [5.41, 5.74) is 3.10. The summed E-state index contributed by atoms with van der Waals surface area (Å²) in [6, 6.07) is 15.9. The van der Waals surface area contributed by atoms with Crippen LogP contribution in [0, 0.1) is 6.92 Å². The first-order valence-corrected chi connectivity index (χ1v) is 12.0. The van der Waals surface area contributed by atoms with E-state index < -0.39 is 19.3 Å². The lowest BCUT2D eigenvalue weighted by molar-refractivity contribution is -0.274. The van der Waals surface area contributed by atoms with Crippen molar-refractivity contribution in [1.29, 1.82) is 0 Å². The van der Waals surface area contributed by atoms with Crippen molar-refractivity contribution in [2.24, 2.45) is 0 Å². The molecule has 3 aromatic carbocycles. The Balaban J connectivity index is 1.78. The highest BCUT2D eigenvalue weighted by Crippen LogP contribution is 2.42. The van der Waals surface area contributed by atoms with Crippen molar-refractivity contribution in [3.8, 4) is 39.5 Å². The smallest absolute Gasteiger partial charge is 0.495 e. The SMILES string of the molecule is CCOC(=O)OCOc1c(-c2ccc(-c3ccccc3OC(F)(F)F)cc2)c(C)nc2cc(OC)c(Cl)cc12.